The Morgan fingerprint density at radius 3 is 2.36 bits per heavy atom. The first-order valence-corrected chi connectivity index (χ1v) is 9.21. The van der Waals surface area contributed by atoms with Gasteiger partial charge in [0.25, 0.3) is 0 Å². The van der Waals surface area contributed by atoms with Crippen molar-refractivity contribution < 1.29 is 27.9 Å². The number of nitrogens with one attached hydrogen (secondary N) is 1. The molecule has 1 unspecified atom stereocenters. The number of carboxylic acid groups (broad SMARTS) is 1. The van der Waals surface area contributed by atoms with Gasteiger partial charge in [-0.3, -0.25) is 9.59 Å². The van der Waals surface area contributed by atoms with Crippen molar-refractivity contribution in [2.45, 2.75) is 31.2 Å². The number of rotatable bonds is 10. The van der Waals surface area contributed by atoms with E-state index in [4.69, 9.17) is 4.74 Å². The maximum Gasteiger partial charge on any atom is 0.321 e. The van der Waals surface area contributed by atoms with Crippen LogP contribution in [0.4, 0.5) is 0 Å². The first-order valence-electron chi connectivity index (χ1n) is 7.77. The van der Waals surface area contributed by atoms with Gasteiger partial charge in [-0.05, 0) is 31.0 Å². The number of carbonyl (C=O) groups excluding carboxylic acids is 1. The molecule has 0 aliphatic heterocycles. The summed E-state index contributed by atoms with van der Waals surface area (Å²) in [5.41, 5.74) is 0.914. The monoisotopic (exact) mass is 372 g/mol. The smallest absolute Gasteiger partial charge is 0.321 e. The van der Waals surface area contributed by atoms with E-state index in [1.807, 2.05) is 0 Å². The summed E-state index contributed by atoms with van der Waals surface area (Å²) in [4.78, 5) is 22.3. The highest BCUT2D eigenvalue weighted by molar-refractivity contribution is 7.89. The van der Waals surface area contributed by atoms with Gasteiger partial charge in [-0.25, -0.2) is 8.42 Å². The molecule has 1 atom stereocenters. The van der Waals surface area contributed by atoms with Crippen molar-refractivity contribution in [1.82, 2.24) is 9.62 Å². The van der Waals surface area contributed by atoms with Crippen LogP contribution in [0.3, 0.4) is 0 Å². The van der Waals surface area contributed by atoms with Crippen LogP contribution in [0, 0.1) is 0 Å². The lowest BCUT2D eigenvalue weighted by Crippen LogP contribution is -2.46. The summed E-state index contributed by atoms with van der Waals surface area (Å²) >= 11 is 0. The summed E-state index contributed by atoms with van der Waals surface area (Å²) in [6.45, 7) is 3.00. The molecule has 140 valence electrons. The minimum atomic E-state index is -4.01. The number of hydrogen-bond acceptors (Lipinski definition) is 5. The van der Waals surface area contributed by atoms with Crippen molar-refractivity contribution in [2.75, 3.05) is 26.8 Å². The summed E-state index contributed by atoms with van der Waals surface area (Å²) in [7, 11) is -2.43. The molecular weight excluding hydrogens is 348 g/mol. The Morgan fingerprint density at radius 2 is 1.88 bits per heavy atom. The highest BCUT2D eigenvalue weighted by atomic mass is 32.2. The fraction of sp³-hybridized carbons (Fsp3) is 0.500. The first-order chi connectivity index (χ1) is 11.7. The Labute approximate surface area is 147 Å². The Bertz CT molecular complexity index is 687. The predicted octanol–water partition coefficient (Wildman–Crippen LogP) is 0.475. The molecule has 0 fully saturated rings. The van der Waals surface area contributed by atoms with Gasteiger partial charge in [0.1, 0.15) is 6.04 Å². The molecule has 0 aliphatic rings. The third-order valence-corrected chi connectivity index (χ3v) is 5.60. The highest BCUT2D eigenvalue weighted by Gasteiger charge is 2.32. The molecule has 2 N–H and O–H groups in total. The molecule has 0 heterocycles. The Hall–Kier alpha value is -1.97. The van der Waals surface area contributed by atoms with E-state index in [0.717, 1.165) is 9.87 Å². The maximum absolute atomic E-state index is 12.8. The van der Waals surface area contributed by atoms with Gasteiger partial charge in [-0.15, -0.1) is 0 Å². The SMILES string of the molecule is COCCc1ccc(S(=O)(=O)N(CCNC(C)=O)C(C)C(=O)O)cc1. The van der Waals surface area contributed by atoms with Gasteiger partial charge in [0.15, 0.2) is 0 Å². The zero-order valence-corrected chi connectivity index (χ0v) is 15.4. The van der Waals surface area contributed by atoms with Crippen molar-refractivity contribution >= 4 is 21.9 Å². The largest absolute Gasteiger partial charge is 0.480 e. The third kappa shape index (κ3) is 6.11. The molecule has 0 aliphatic carbocycles. The fourth-order valence-electron chi connectivity index (χ4n) is 2.17. The minimum Gasteiger partial charge on any atom is -0.480 e. The average molecular weight is 372 g/mol. The number of carbonyl (C=O) groups is 2. The minimum absolute atomic E-state index is 0.00425. The topological polar surface area (TPSA) is 113 Å². The molecule has 1 amide bonds. The van der Waals surface area contributed by atoms with Crippen molar-refractivity contribution in [2.24, 2.45) is 0 Å². The van der Waals surface area contributed by atoms with E-state index in [9.17, 15) is 23.1 Å². The van der Waals surface area contributed by atoms with Crippen LogP contribution in [0.2, 0.25) is 0 Å². The molecule has 8 nitrogen and oxygen atoms in total. The zero-order chi connectivity index (χ0) is 19.0. The Kier molecular flexibility index (Phi) is 8.01. The summed E-state index contributed by atoms with van der Waals surface area (Å²) < 4.78 is 31.5. The molecule has 0 spiro atoms. The number of carboxylic acids is 1. The summed E-state index contributed by atoms with van der Waals surface area (Å²) in [5.74, 6) is -1.58. The van der Waals surface area contributed by atoms with Gasteiger partial charge in [0, 0.05) is 27.1 Å². The number of sulfonamides is 1. The molecule has 1 rings (SSSR count). The van der Waals surface area contributed by atoms with Crippen molar-refractivity contribution in [3.63, 3.8) is 0 Å². The first kappa shape index (κ1) is 21.1. The lowest BCUT2D eigenvalue weighted by Gasteiger charge is -2.25. The van der Waals surface area contributed by atoms with Crippen LogP contribution in [0.1, 0.15) is 19.4 Å². The van der Waals surface area contributed by atoms with Gasteiger partial charge in [0.2, 0.25) is 15.9 Å². The highest BCUT2D eigenvalue weighted by Crippen LogP contribution is 2.19. The number of hydrogen-bond donors (Lipinski definition) is 2. The molecule has 0 saturated heterocycles. The van der Waals surface area contributed by atoms with E-state index in [1.165, 1.54) is 26.0 Å². The molecule has 0 saturated carbocycles. The number of methoxy groups -OCH3 is 1. The van der Waals surface area contributed by atoms with E-state index in [2.05, 4.69) is 5.32 Å². The van der Waals surface area contributed by atoms with Crippen LogP contribution >= 0.6 is 0 Å². The van der Waals surface area contributed by atoms with Crippen LogP contribution in [-0.2, 0) is 30.8 Å². The molecule has 9 heteroatoms. The van der Waals surface area contributed by atoms with E-state index in [0.29, 0.717) is 13.0 Å². The molecule has 0 bridgehead atoms. The number of nitrogens with zero attached hydrogens (tertiary/aromatic N) is 1. The van der Waals surface area contributed by atoms with Crippen molar-refractivity contribution in [3.8, 4) is 0 Å². The predicted molar refractivity (Wildman–Crippen MR) is 91.7 cm³/mol. The van der Waals surface area contributed by atoms with Gasteiger partial charge < -0.3 is 15.2 Å². The molecule has 1 aromatic carbocycles. The molecule has 0 aromatic heterocycles. The standard InChI is InChI=1S/C16H24N2O6S/c1-12(16(20)21)18(10-9-17-13(2)19)25(22,23)15-6-4-14(5-7-15)8-11-24-3/h4-7,12H,8-11H2,1-3H3,(H,17,19)(H,20,21). The van der Waals surface area contributed by atoms with E-state index < -0.39 is 22.0 Å². The van der Waals surface area contributed by atoms with Crippen LogP contribution in [0.15, 0.2) is 29.2 Å². The van der Waals surface area contributed by atoms with Crippen molar-refractivity contribution in [1.29, 1.82) is 0 Å². The number of amides is 1. The van der Waals surface area contributed by atoms with Crippen LogP contribution in [0.25, 0.3) is 0 Å². The molecule has 25 heavy (non-hydrogen) atoms. The number of benzene rings is 1. The fourth-order valence-corrected chi connectivity index (χ4v) is 3.76. The third-order valence-electron chi connectivity index (χ3n) is 3.62. The normalized spacial score (nSPS) is 12.8. The maximum atomic E-state index is 12.8. The van der Waals surface area contributed by atoms with E-state index in [1.54, 1.807) is 19.2 Å². The second-order valence-electron chi connectivity index (χ2n) is 5.50. The van der Waals surface area contributed by atoms with E-state index >= 15 is 0 Å². The average Bonchev–Trinajstić information content (AvgIpc) is 2.56. The molecule has 0 radical (unpaired) electrons. The molecular formula is C16H24N2O6S. The van der Waals surface area contributed by atoms with Crippen molar-refractivity contribution in [3.05, 3.63) is 29.8 Å². The Morgan fingerprint density at radius 1 is 1.28 bits per heavy atom. The summed E-state index contributed by atoms with van der Waals surface area (Å²) in [6, 6.07) is 4.97. The lowest BCUT2D eigenvalue weighted by molar-refractivity contribution is -0.140. The molecule has 1 aromatic rings. The van der Waals surface area contributed by atoms with Gasteiger partial charge >= 0.3 is 5.97 Å². The second kappa shape index (κ2) is 9.50. The zero-order valence-electron chi connectivity index (χ0n) is 14.6. The van der Waals surface area contributed by atoms with Gasteiger partial charge in [0.05, 0.1) is 11.5 Å². The van der Waals surface area contributed by atoms with Crippen LogP contribution in [-0.4, -0.2) is 62.6 Å². The van der Waals surface area contributed by atoms with Crippen LogP contribution < -0.4 is 5.32 Å². The summed E-state index contributed by atoms with van der Waals surface area (Å²) in [6.07, 6.45) is 0.647. The Balaban J connectivity index is 3.04. The number of ether oxygens (including phenoxy) is 1. The number of aliphatic carboxylic acids is 1. The van der Waals surface area contributed by atoms with Gasteiger partial charge in [-0.2, -0.15) is 4.31 Å². The quantitative estimate of drug-likeness (QED) is 0.617. The summed E-state index contributed by atoms with van der Waals surface area (Å²) in [5, 5.41) is 11.7. The van der Waals surface area contributed by atoms with E-state index in [-0.39, 0.29) is 23.9 Å². The van der Waals surface area contributed by atoms with Gasteiger partial charge in [-0.1, -0.05) is 12.1 Å². The lowest BCUT2D eigenvalue weighted by atomic mass is 10.2. The second-order valence-corrected chi connectivity index (χ2v) is 7.39. The van der Waals surface area contributed by atoms with Crippen LogP contribution in [0.5, 0.6) is 0 Å².